The molecule has 8 heteroatoms. The molecule has 2 aliphatic rings. The Labute approximate surface area is 166 Å². The molecular weight excluding hydrogens is 388 g/mol. The molecule has 0 bridgehead atoms. The lowest BCUT2D eigenvalue weighted by Crippen LogP contribution is -2.41. The van der Waals surface area contributed by atoms with E-state index < -0.39 is 10.0 Å². The van der Waals surface area contributed by atoms with E-state index in [2.05, 4.69) is 6.92 Å². The Balaban J connectivity index is 1.61. The van der Waals surface area contributed by atoms with Crippen molar-refractivity contribution in [1.29, 1.82) is 0 Å². The van der Waals surface area contributed by atoms with Crippen LogP contribution in [0.15, 0.2) is 18.2 Å². The van der Waals surface area contributed by atoms with Crippen molar-refractivity contribution in [2.75, 3.05) is 32.4 Å². The molecule has 150 valence electrons. The number of likely N-dealkylation sites (tertiary alicyclic amines) is 1. The van der Waals surface area contributed by atoms with E-state index in [9.17, 15) is 13.2 Å². The van der Waals surface area contributed by atoms with Crippen LogP contribution in [0.4, 0.5) is 0 Å². The van der Waals surface area contributed by atoms with Gasteiger partial charge in [-0.05, 0) is 49.8 Å². The number of benzene rings is 1. The van der Waals surface area contributed by atoms with Crippen molar-refractivity contribution in [3.8, 4) is 5.75 Å². The van der Waals surface area contributed by atoms with Gasteiger partial charge in [-0.2, -0.15) is 0 Å². The number of nitrogens with zero attached hydrogens (tertiary/aromatic N) is 2. The molecule has 0 aromatic heterocycles. The van der Waals surface area contributed by atoms with Crippen LogP contribution < -0.4 is 4.74 Å². The Morgan fingerprint density at radius 3 is 2.48 bits per heavy atom. The van der Waals surface area contributed by atoms with Gasteiger partial charge in [-0.3, -0.25) is 4.79 Å². The number of amides is 1. The Kier molecular flexibility index (Phi) is 6.33. The number of carbonyl (C=O) groups is 1. The monoisotopic (exact) mass is 414 g/mol. The topological polar surface area (TPSA) is 66.9 Å². The number of halogens is 1. The summed E-state index contributed by atoms with van der Waals surface area (Å²) in [5.74, 6) is 1.08. The first-order valence-electron chi connectivity index (χ1n) is 9.44. The lowest BCUT2D eigenvalue weighted by atomic mass is 9.99. The van der Waals surface area contributed by atoms with Crippen LogP contribution in [0, 0.1) is 5.92 Å². The lowest BCUT2D eigenvalue weighted by Gasteiger charge is -2.31. The highest BCUT2D eigenvalue weighted by Crippen LogP contribution is 2.29. The minimum absolute atomic E-state index is 0.0106. The average molecular weight is 415 g/mol. The quantitative estimate of drug-likeness (QED) is 0.759. The van der Waals surface area contributed by atoms with E-state index in [1.165, 1.54) is 10.6 Å². The molecular formula is C19H27ClN2O4S. The van der Waals surface area contributed by atoms with Crippen LogP contribution >= 0.6 is 11.6 Å². The van der Waals surface area contributed by atoms with E-state index in [1.54, 1.807) is 18.2 Å². The van der Waals surface area contributed by atoms with Gasteiger partial charge in [0.2, 0.25) is 10.0 Å². The van der Waals surface area contributed by atoms with Crippen molar-refractivity contribution < 1.29 is 17.9 Å². The van der Waals surface area contributed by atoms with Crippen molar-refractivity contribution in [2.24, 2.45) is 5.92 Å². The maximum absolute atomic E-state index is 12.7. The van der Waals surface area contributed by atoms with E-state index >= 15 is 0 Å². The van der Waals surface area contributed by atoms with E-state index in [4.69, 9.17) is 16.3 Å². The summed E-state index contributed by atoms with van der Waals surface area (Å²) in [6.07, 6.45) is 4.59. The molecule has 0 N–H and O–H groups in total. The molecule has 6 nitrogen and oxygen atoms in total. The highest BCUT2D eigenvalue weighted by atomic mass is 35.5. The maximum atomic E-state index is 12.7. The second-order valence-corrected chi connectivity index (χ2v) is 10.0. The van der Waals surface area contributed by atoms with Crippen LogP contribution in [-0.4, -0.2) is 62.1 Å². The average Bonchev–Trinajstić information content (AvgIpc) is 2.62. The molecule has 0 radical (unpaired) electrons. The van der Waals surface area contributed by atoms with Crippen LogP contribution in [0.1, 0.15) is 43.0 Å². The van der Waals surface area contributed by atoms with Crippen molar-refractivity contribution in [2.45, 2.75) is 38.7 Å². The maximum Gasteiger partial charge on any atom is 0.253 e. The molecule has 1 amide bonds. The lowest BCUT2D eigenvalue weighted by molar-refractivity contribution is 0.0683. The van der Waals surface area contributed by atoms with Gasteiger partial charge in [-0.15, -0.1) is 0 Å². The zero-order valence-corrected chi connectivity index (χ0v) is 17.4. The summed E-state index contributed by atoms with van der Waals surface area (Å²) in [6, 6.07) is 5.17. The number of ether oxygens (including phenoxy) is 1. The second-order valence-electron chi connectivity index (χ2n) is 7.62. The molecule has 2 saturated heterocycles. The van der Waals surface area contributed by atoms with Crippen molar-refractivity contribution in [1.82, 2.24) is 9.21 Å². The summed E-state index contributed by atoms with van der Waals surface area (Å²) < 4.78 is 30.6. The zero-order chi connectivity index (χ0) is 19.6. The molecule has 1 atom stereocenters. The van der Waals surface area contributed by atoms with Gasteiger partial charge in [0.25, 0.3) is 5.91 Å². The third-order valence-corrected chi connectivity index (χ3v) is 6.89. The van der Waals surface area contributed by atoms with E-state index in [0.717, 1.165) is 25.9 Å². The molecule has 2 heterocycles. The molecule has 0 saturated carbocycles. The molecule has 0 spiro atoms. The van der Waals surface area contributed by atoms with Crippen molar-refractivity contribution in [3.63, 3.8) is 0 Å². The first-order valence-corrected chi connectivity index (χ1v) is 11.7. The van der Waals surface area contributed by atoms with Gasteiger partial charge in [-0.25, -0.2) is 12.7 Å². The second kappa shape index (κ2) is 8.37. The third-order valence-electron chi connectivity index (χ3n) is 5.29. The Bertz CT molecular complexity index is 791. The van der Waals surface area contributed by atoms with Gasteiger partial charge < -0.3 is 9.64 Å². The van der Waals surface area contributed by atoms with Crippen LogP contribution in [-0.2, 0) is 10.0 Å². The molecule has 1 aromatic rings. The van der Waals surface area contributed by atoms with Gasteiger partial charge >= 0.3 is 0 Å². The third kappa shape index (κ3) is 5.15. The summed E-state index contributed by atoms with van der Waals surface area (Å²) >= 11 is 6.36. The molecule has 2 fully saturated rings. The molecule has 3 rings (SSSR count). The fraction of sp³-hybridized carbons (Fsp3) is 0.632. The molecule has 2 aliphatic heterocycles. The van der Waals surface area contributed by atoms with Gasteiger partial charge in [0, 0.05) is 31.7 Å². The highest BCUT2D eigenvalue weighted by Gasteiger charge is 2.27. The Morgan fingerprint density at radius 1 is 1.19 bits per heavy atom. The highest BCUT2D eigenvalue weighted by molar-refractivity contribution is 7.88. The molecule has 1 aromatic carbocycles. The summed E-state index contributed by atoms with van der Waals surface area (Å²) in [5.41, 5.74) is 0.577. The SMILES string of the molecule is C[C@@H]1CCCN(C(=O)c2ccc(OC3CCN(S(C)(=O)=O)CC3)c(Cl)c2)C1. The summed E-state index contributed by atoms with van der Waals surface area (Å²) in [7, 11) is -3.15. The fourth-order valence-electron chi connectivity index (χ4n) is 3.75. The smallest absolute Gasteiger partial charge is 0.253 e. The minimum Gasteiger partial charge on any atom is -0.489 e. The van der Waals surface area contributed by atoms with Gasteiger partial charge in [0.05, 0.1) is 11.3 Å². The molecule has 0 unspecified atom stereocenters. The predicted molar refractivity (Wildman–Crippen MR) is 106 cm³/mol. The molecule has 0 aliphatic carbocycles. The van der Waals surface area contributed by atoms with E-state index in [0.29, 0.717) is 48.2 Å². The zero-order valence-electron chi connectivity index (χ0n) is 15.9. The van der Waals surface area contributed by atoms with Crippen molar-refractivity contribution in [3.05, 3.63) is 28.8 Å². The number of hydrogen-bond acceptors (Lipinski definition) is 4. The summed E-state index contributed by atoms with van der Waals surface area (Å²) in [5, 5.41) is 0.413. The van der Waals surface area contributed by atoms with Gasteiger partial charge in [0.1, 0.15) is 11.9 Å². The number of carbonyl (C=O) groups excluding carboxylic acids is 1. The summed E-state index contributed by atoms with van der Waals surface area (Å²) in [4.78, 5) is 14.6. The first-order chi connectivity index (χ1) is 12.7. The van der Waals surface area contributed by atoms with E-state index in [-0.39, 0.29) is 12.0 Å². The fourth-order valence-corrected chi connectivity index (χ4v) is 4.85. The van der Waals surface area contributed by atoms with Gasteiger partial charge in [0.15, 0.2) is 0 Å². The number of sulfonamides is 1. The van der Waals surface area contributed by atoms with Crippen LogP contribution in [0.3, 0.4) is 0 Å². The van der Waals surface area contributed by atoms with E-state index in [1.807, 2.05) is 4.90 Å². The Hall–Kier alpha value is -1.31. The van der Waals surface area contributed by atoms with Crippen molar-refractivity contribution >= 4 is 27.5 Å². The largest absolute Gasteiger partial charge is 0.489 e. The van der Waals surface area contributed by atoms with Crippen LogP contribution in [0.2, 0.25) is 5.02 Å². The van der Waals surface area contributed by atoms with Crippen LogP contribution in [0.5, 0.6) is 5.75 Å². The predicted octanol–water partition coefficient (Wildman–Crippen LogP) is 3.01. The number of rotatable bonds is 4. The minimum atomic E-state index is -3.15. The number of piperidine rings is 2. The first kappa shape index (κ1) is 20.4. The van der Waals surface area contributed by atoms with Crippen LogP contribution in [0.25, 0.3) is 0 Å². The standard InChI is InChI=1S/C19H27ClN2O4S/c1-14-4-3-9-21(13-14)19(23)15-5-6-18(17(20)12-15)26-16-7-10-22(11-8-16)27(2,24)25/h5-6,12,14,16H,3-4,7-11,13H2,1-2H3/t14-/m1/s1. The summed E-state index contributed by atoms with van der Waals surface area (Å²) in [6.45, 7) is 4.64. The van der Waals surface area contributed by atoms with Gasteiger partial charge in [-0.1, -0.05) is 18.5 Å². The Morgan fingerprint density at radius 2 is 1.89 bits per heavy atom. The molecule has 27 heavy (non-hydrogen) atoms. The normalized spacial score (nSPS) is 22.6. The number of hydrogen-bond donors (Lipinski definition) is 0.